The fourth-order valence-corrected chi connectivity index (χ4v) is 3.59. The molecule has 0 atom stereocenters. The minimum Gasteiger partial charge on any atom is -0.496 e. The first-order valence-electron chi connectivity index (χ1n) is 9.63. The second-order valence-corrected chi connectivity index (χ2v) is 7.19. The number of aryl methyl sites for hydroxylation is 1. The molecule has 1 amide bonds. The summed E-state index contributed by atoms with van der Waals surface area (Å²) in [6.45, 7) is 0.579. The molecule has 1 fully saturated rings. The van der Waals surface area contributed by atoms with Gasteiger partial charge in [-0.1, -0.05) is 0 Å². The van der Waals surface area contributed by atoms with Gasteiger partial charge in [-0.05, 0) is 48.9 Å². The summed E-state index contributed by atoms with van der Waals surface area (Å²) >= 11 is 0. The maximum atomic E-state index is 14.6. The molecule has 0 spiro atoms. The summed E-state index contributed by atoms with van der Waals surface area (Å²) in [7, 11) is 3.03. The molecule has 1 aliphatic carbocycles. The molecule has 1 N–H and O–H groups in total. The number of methoxy groups -OCH3 is 1. The number of carbonyl (C=O) groups is 1. The molecule has 3 aromatic rings. The number of carbonyl (C=O) groups excluding carboxylic acids is 1. The van der Waals surface area contributed by atoms with Crippen molar-refractivity contribution < 1.29 is 18.3 Å². The number of halogens is 2. The maximum Gasteiger partial charge on any atom is 0.219 e. The largest absolute Gasteiger partial charge is 0.496 e. The zero-order valence-electron chi connectivity index (χ0n) is 16.3. The number of hydrogen-bond acceptors (Lipinski definition) is 4. The van der Waals surface area contributed by atoms with Crippen LogP contribution in [0.2, 0.25) is 0 Å². The lowest BCUT2D eigenvalue weighted by Crippen LogP contribution is -2.18. The summed E-state index contributed by atoms with van der Waals surface area (Å²) in [6, 6.07) is 4.26. The molecular formula is C21H22F2N4O2. The van der Waals surface area contributed by atoms with Crippen LogP contribution in [-0.4, -0.2) is 34.8 Å². The number of amides is 1. The third-order valence-electron chi connectivity index (χ3n) is 5.23. The van der Waals surface area contributed by atoms with Crippen LogP contribution in [-0.2, 0) is 11.3 Å². The minimum absolute atomic E-state index is 0.0158. The van der Waals surface area contributed by atoms with Crippen LogP contribution in [0.4, 0.5) is 8.78 Å². The number of pyridine rings is 1. The fourth-order valence-electron chi connectivity index (χ4n) is 3.59. The van der Waals surface area contributed by atoms with Gasteiger partial charge in [-0.3, -0.25) is 9.48 Å². The zero-order chi connectivity index (χ0) is 20.5. The first-order valence-corrected chi connectivity index (χ1v) is 9.63. The summed E-state index contributed by atoms with van der Waals surface area (Å²) in [4.78, 5) is 16.0. The Morgan fingerprint density at radius 1 is 1.34 bits per heavy atom. The molecule has 2 aromatic heterocycles. The van der Waals surface area contributed by atoms with Gasteiger partial charge in [0.05, 0.1) is 30.1 Å². The van der Waals surface area contributed by atoms with Crippen molar-refractivity contribution in [1.82, 2.24) is 20.1 Å². The van der Waals surface area contributed by atoms with Crippen LogP contribution in [0.25, 0.3) is 22.3 Å². The predicted molar refractivity (Wildman–Crippen MR) is 105 cm³/mol. The Bertz CT molecular complexity index is 1080. The van der Waals surface area contributed by atoms with Gasteiger partial charge in [0, 0.05) is 20.0 Å². The number of benzene rings is 1. The van der Waals surface area contributed by atoms with Gasteiger partial charge >= 0.3 is 0 Å². The van der Waals surface area contributed by atoms with E-state index in [1.807, 2.05) is 10.7 Å². The van der Waals surface area contributed by atoms with E-state index in [1.54, 1.807) is 13.2 Å². The molecule has 0 saturated heterocycles. The number of aromatic nitrogens is 3. The summed E-state index contributed by atoms with van der Waals surface area (Å²) in [5.74, 6) is -1.36. The van der Waals surface area contributed by atoms with Gasteiger partial charge in [0.1, 0.15) is 11.3 Å². The van der Waals surface area contributed by atoms with E-state index in [9.17, 15) is 13.6 Å². The molecule has 4 rings (SSSR count). The molecule has 6 nitrogen and oxygen atoms in total. The highest BCUT2D eigenvalue weighted by atomic mass is 19.2. The average Bonchev–Trinajstić information content (AvgIpc) is 3.50. The molecule has 8 heteroatoms. The second-order valence-electron chi connectivity index (χ2n) is 7.19. The van der Waals surface area contributed by atoms with Gasteiger partial charge in [0.2, 0.25) is 5.91 Å². The van der Waals surface area contributed by atoms with Gasteiger partial charge in [0.15, 0.2) is 11.6 Å². The number of nitrogens with zero attached hydrogens (tertiary/aromatic N) is 3. The van der Waals surface area contributed by atoms with E-state index >= 15 is 0 Å². The van der Waals surface area contributed by atoms with Gasteiger partial charge in [0.25, 0.3) is 0 Å². The maximum absolute atomic E-state index is 14.6. The van der Waals surface area contributed by atoms with E-state index in [-0.39, 0.29) is 17.2 Å². The van der Waals surface area contributed by atoms with E-state index in [0.29, 0.717) is 36.5 Å². The van der Waals surface area contributed by atoms with E-state index in [1.165, 1.54) is 13.2 Å². The molecule has 1 aromatic carbocycles. The van der Waals surface area contributed by atoms with Crippen LogP contribution in [0.5, 0.6) is 5.75 Å². The first kappa shape index (κ1) is 19.3. The number of nitrogens with one attached hydrogen (secondary N) is 1. The van der Waals surface area contributed by atoms with Gasteiger partial charge in [-0.25, -0.2) is 13.8 Å². The molecule has 0 bridgehead atoms. The van der Waals surface area contributed by atoms with Crippen molar-refractivity contribution in [1.29, 1.82) is 0 Å². The SMILES string of the molecule is CNC(=O)CCCn1ncc2nc(-c3c(OC)ccc(F)c3F)cc(C3CC3)c21. The molecule has 0 aliphatic heterocycles. The van der Waals surface area contributed by atoms with Crippen LogP contribution < -0.4 is 10.1 Å². The topological polar surface area (TPSA) is 69.0 Å². The molecule has 29 heavy (non-hydrogen) atoms. The standard InChI is InChI=1S/C21H22F2N4O2/c1-24-18(28)4-3-9-27-21-13(12-5-6-12)10-15(26-16(21)11-25-27)19-17(29-2)8-7-14(22)20(19)23/h7-8,10-12H,3-6,9H2,1-2H3,(H,24,28). The normalized spacial score (nSPS) is 13.7. The summed E-state index contributed by atoms with van der Waals surface area (Å²) < 4.78 is 35.6. The van der Waals surface area contributed by atoms with Crippen molar-refractivity contribution in [2.24, 2.45) is 0 Å². The second kappa shape index (κ2) is 7.77. The lowest BCUT2D eigenvalue weighted by atomic mass is 10.0. The van der Waals surface area contributed by atoms with E-state index in [2.05, 4.69) is 15.4 Å². The van der Waals surface area contributed by atoms with Crippen LogP contribution in [0.3, 0.4) is 0 Å². The number of hydrogen-bond donors (Lipinski definition) is 1. The number of ether oxygens (including phenoxy) is 1. The minimum atomic E-state index is -0.976. The van der Waals surface area contributed by atoms with Crippen LogP contribution in [0.15, 0.2) is 24.4 Å². The van der Waals surface area contributed by atoms with Crippen LogP contribution in [0.1, 0.15) is 37.2 Å². The molecule has 152 valence electrons. The molecule has 1 aliphatic rings. The Morgan fingerprint density at radius 2 is 2.14 bits per heavy atom. The Balaban J connectivity index is 1.78. The predicted octanol–water partition coefficient (Wildman–Crippen LogP) is 3.79. The number of fused-ring (bicyclic) bond motifs is 1. The first-order chi connectivity index (χ1) is 14.0. The lowest BCUT2D eigenvalue weighted by molar-refractivity contribution is -0.120. The number of rotatable bonds is 7. The summed E-state index contributed by atoms with van der Waals surface area (Å²) in [5.41, 5.74) is 2.88. The Hall–Kier alpha value is -3.03. The smallest absolute Gasteiger partial charge is 0.219 e. The summed E-state index contributed by atoms with van der Waals surface area (Å²) in [6.07, 6.45) is 4.76. The molecule has 0 unspecified atom stereocenters. The van der Waals surface area contributed by atoms with Gasteiger partial charge in [-0.2, -0.15) is 5.10 Å². The molecule has 1 saturated carbocycles. The summed E-state index contributed by atoms with van der Waals surface area (Å²) in [5, 5.41) is 7.04. The molecule has 2 heterocycles. The Labute approximate surface area is 166 Å². The molecule has 0 radical (unpaired) electrons. The van der Waals surface area contributed by atoms with Crippen LogP contribution >= 0.6 is 0 Å². The van der Waals surface area contributed by atoms with Crippen molar-refractivity contribution in [2.75, 3.05) is 14.2 Å². The van der Waals surface area contributed by atoms with Crippen molar-refractivity contribution in [3.8, 4) is 17.0 Å². The highest BCUT2D eigenvalue weighted by Gasteiger charge is 2.29. The van der Waals surface area contributed by atoms with E-state index < -0.39 is 11.6 Å². The highest BCUT2D eigenvalue weighted by molar-refractivity contribution is 5.84. The lowest BCUT2D eigenvalue weighted by Gasteiger charge is -2.13. The third kappa shape index (κ3) is 3.66. The Kier molecular flexibility index (Phi) is 5.17. The third-order valence-corrected chi connectivity index (χ3v) is 5.23. The monoisotopic (exact) mass is 400 g/mol. The van der Waals surface area contributed by atoms with E-state index in [4.69, 9.17) is 4.74 Å². The zero-order valence-corrected chi connectivity index (χ0v) is 16.3. The van der Waals surface area contributed by atoms with Gasteiger partial charge < -0.3 is 10.1 Å². The quantitative estimate of drug-likeness (QED) is 0.655. The van der Waals surface area contributed by atoms with Crippen molar-refractivity contribution in [3.63, 3.8) is 0 Å². The fraction of sp³-hybridized carbons (Fsp3) is 0.381. The van der Waals surface area contributed by atoms with Crippen molar-refractivity contribution >= 4 is 16.9 Å². The average molecular weight is 400 g/mol. The van der Waals surface area contributed by atoms with Crippen molar-refractivity contribution in [2.45, 2.75) is 38.1 Å². The van der Waals surface area contributed by atoms with Gasteiger partial charge in [-0.15, -0.1) is 0 Å². The van der Waals surface area contributed by atoms with Crippen LogP contribution in [0, 0.1) is 11.6 Å². The van der Waals surface area contributed by atoms with E-state index in [0.717, 1.165) is 30.0 Å². The highest BCUT2D eigenvalue weighted by Crippen LogP contribution is 2.45. The van der Waals surface area contributed by atoms with Crippen molar-refractivity contribution in [3.05, 3.63) is 41.6 Å². The Morgan fingerprint density at radius 3 is 2.83 bits per heavy atom. The molecular weight excluding hydrogens is 378 g/mol.